The molecule has 1 amide bonds. The van der Waals surface area contributed by atoms with Crippen molar-refractivity contribution in [1.29, 1.82) is 0 Å². The highest BCUT2D eigenvalue weighted by Crippen LogP contribution is 2.32. The van der Waals surface area contributed by atoms with Crippen LogP contribution < -0.4 is 10.6 Å². The van der Waals surface area contributed by atoms with Gasteiger partial charge in [-0.3, -0.25) is 4.79 Å². The van der Waals surface area contributed by atoms with Crippen LogP contribution in [0.4, 0.5) is 18.9 Å². The summed E-state index contributed by atoms with van der Waals surface area (Å²) in [6.45, 7) is 0.571. The van der Waals surface area contributed by atoms with Crippen molar-refractivity contribution in [3.05, 3.63) is 76.1 Å². The van der Waals surface area contributed by atoms with Gasteiger partial charge in [0.05, 0.1) is 11.4 Å². The summed E-state index contributed by atoms with van der Waals surface area (Å²) in [5.74, 6) is -0.318. The van der Waals surface area contributed by atoms with E-state index in [0.717, 1.165) is 23.5 Å². The molecule has 1 saturated heterocycles. The molecule has 1 unspecified atom stereocenters. The molecule has 0 spiro atoms. The molecule has 1 atom stereocenters. The molecule has 0 aliphatic carbocycles. The van der Waals surface area contributed by atoms with Crippen molar-refractivity contribution >= 4 is 54.4 Å². The smallest absolute Gasteiger partial charge is 0.382 e. The van der Waals surface area contributed by atoms with E-state index in [4.69, 9.17) is 11.6 Å². The maximum Gasteiger partial charge on any atom is 0.501 e. The minimum Gasteiger partial charge on any atom is -0.382 e. The van der Waals surface area contributed by atoms with Crippen LogP contribution in [0.15, 0.2) is 69.8 Å². The van der Waals surface area contributed by atoms with E-state index in [1.807, 2.05) is 0 Å². The number of hydrogen-bond acceptors (Lipinski definition) is 7. The summed E-state index contributed by atoms with van der Waals surface area (Å²) in [5, 5.41) is 6.30. The first-order chi connectivity index (χ1) is 18.8. The largest absolute Gasteiger partial charge is 0.501 e. The van der Waals surface area contributed by atoms with E-state index in [2.05, 4.69) is 10.6 Å². The van der Waals surface area contributed by atoms with Gasteiger partial charge in [0.15, 0.2) is 0 Å². The van der Waals surface area contributed by atoms with Gasteiger partial charge in [-0.25, -0.2) is 16.8 Å². The molecular formula is C25H25ClF3N3O5S3. The molecule has 1 fully saturated rings. The van der Waals surface area contributed by atoms with Gasteiger partial charge >= 0.3 is 5.51 Å². The van der Waals surface area contributed by atoms with Crippen molar-refractivity contribution in [2.24, 2.45) is 0 Å². The van der Waals surface area contributed by atoms with Gasteiger partial charge in [0, 0.05) is 40.3 Å². The standard InChI is InChI=1S/C25H25ClF3N3O5S3/c26-18-8-6-17(7-9-18)24(33)30-16-21-10-11-23(38-21)40(36,37)32-13-2-4-19(12-14-32)31-20-3-1-5-22(15-20)39(34,35)25(27,28)29/h1,3,5-11,15,19,31H,2,4,12-14,16H2,(H,30,33). The summed E-state index contributed by atoms with van der Waals surface area (Å²) in [6, 6.07) is 13.7. The normalized spacial score (nSPS) is 17.2. The lowest BCUT2D eigenvalue weighted by molar-refractivity contribution is -0.0436. The minimum atomic E-state index is -5.48. The van der Waals surface area contributed by atoms with Gasteiger partial charge in [-0.05, 0) is 73.9 Å². The van der Waals surface area contributed by atoms with E-state index in [9.17, 15) is 34.8 Å². The van der Waals surface area contributed by atoms with Gasteiger partial charge in [0.1, 0.15) is 4.21 Å². The minimum absolute atomic E-state index is 0.139. The van der Waals surface area contributed by atoms with Crippen molar-refractivity contribution in [2.45, 2.75) is 46.5 Å². The summed E-state index contributed by atoms with van der Waals surface area (Å²) < 4.78 is 90.4. The molecule has 3 aromatic rings. The number of carbonyl (C=O) groups excluding carboxylic acids is 1. The predicted molar refractivity (Wildman–Crippen MR) is 147 cm³/mol. The predicted octanol–water partition coefficient (Wildman–Crippen LogP) is 5.28. The highest BCUT2D eigenvalue weighted by atomic mass is 35.5. The molecule has 0 saturated carbocycles. The van der Waals surface area contributed by atoms with Crippen molar-refractivity contribution in [2.75, 3.05) is 18.4 Å². The maximum absolute atomic E-state index is 13.3. The molecule has 15 heteroatoms. The van der Waals surface area contributed by atoms with Crippen molar-refractivity contribution in [3.63, 3.8) is 0 Å². The van der Waals surface area contributed by atoms with Crippen LogP contribution in [-0.2, 0) is 26.4 Å². The van der Waals surface area contributed by atoms with Crippen LogP contribution in [0.3, 0.4) is 0 Å². The topological polar surface area (TPSA) is 113 Å². The van der Waals surface area contributed by atoms with E-state index in [1.54, 1.807) is 30.3 Å². The SMILES string of the molecule is O=C(NCc1ccc(S(=O)(=O)N2CCCC(Nc3cccc(S(=O)(=O)C(F)(F)F)c3)CC2)s1)c1ccc(Cl)cc1. The Bertz CT molecular complexity index is 1580. The summed E-state index contributed by atoms with van der Waals surface area (Å²) in [4.78, 5) is 12.1. The van der Waals surface area contributed by atoms with Crippen LogP contribution in [0.25, 0.3) is 0 Å². The molecule has 8 nitrogen and oxygen atoms in total. The molecule has 1 aromatic heterocycles. The Balaban J connectivity index is 1.36. The highest BCUT2D eigenvalue weighted by Gasteiger charge is 2.47. The van der Waals surface area contributed by atoms with Gasteiger partial charge in [-0.15, -0.1) is 11.3 Å². The second kappa shape index (κ2) is 12.1. The first kappa shape index (κ1) is 30.3. The second-order valence-corrected chi connectivity index (χ2v) is 14.8. The van der Waals surface area contributed by atoms with Crippen LogP contribution >= 0.6 is 22.9 Å². The molecule has 1 aliphatic heterocycles. The Morgan fingerprint density at radius 3 is 2.42 bits per heavy atom. The van der Waals surface area contributed by atoms with Crippen molar-refractivity contribution in [3.8, 4) is 0 Å². The van der Waals surface area contributed by atoms with Gasteiger partial charge in [0.25, 0.3) is 25.8 Å². The summed E-state index contributed by atoms with van der Waals surface area (Å²) in [7, 11) is -9.29. The zero-order chi connectivity index (χ0) is 29.1. The zero-order valence-corrected chi connectivity index (χ0v) is 24.0. The number of nitrogens with zero attached hydrogens (tertiary/aromatic N) is 1. The molecule has 2 aromatic carbocycles. The van der Waals surface area contributed by atoms with E-state index >= 15 is 0 Å². The number of hydrogen-bond donors (Lipinski definition) is 2. The Morgan fingerprint density at radius 2 is 1.73 bits per heavy atom. The van der Waals surface area contributed by atoms with Crippen LogP contribution in [0.5, 0.6) is 0 Å². The fourth-order valence-electron chi connectivity index (χ4n) is 4.17. The van der Waals surface area contributed by atoms with Crippen LogP contribution in [-0.4, -0.2) is 51.7 Å². The number of rotatable bonds is 8. The number of alkyl halides is 3. The summed E-state index contributed by atoms with van der Waals surface area (Å²) in [6.07, 6.45) is 1.40. The van der Waals surface area contributed by atoms with Crippen LogP contribution in [0.2, 0.25) is 5.02 Å². The number of anilines is 1. The third kappa shape index (κ3) is 6.97. The molecule has 1 aliphatic rings. The third-order valence-corrected chi connectivity index (χ3v) is 11.5. The number of halogens is 4. The van der Waals surface area contributed by atoms with Crippen molar-refractivity contribution in [1.82, 2.24) is 9.62 Å². The third-order valence-electron chi connectivity index (χ3n) is 6.27. The van der Waals surface area contributed by atoms with Crippen LogP contribution in [0.1, 0.15) is 34.5 Å². The fraction of sp³-hybridized carbons (Fsp3) is 0.320. The monoisotopic (exact) mass is 635 g/mol. The average molecular weight is 636 g/mol. The Kier molecular flexibility index (Phi) is 9.15. The van der Waals surface area contributed by atoms with E-state index in [-0.39, 0.29) is 41.5 Å². The number of thiophene rings is 1. The number of sulfone groups is 1. The summed E-state index contributed by atoms with van der Waals surface area (Å²) in [5.41, 5.74) is -4.78. The fourth-order valence-corrected chi connectivity index (χ4v) is 8.04. The lowest BCUT2D eigenvalue weighted by Crippen LogP contribution is -2.32. The number of nitrogens with one attached hydrogen (secondary N) is 2. The molecule has 216 valence electrons. The quantitative estimate of drug-likeness (QED) is 0.348. The molecular weight excluding hydrogens is 611 g/mol. The first-order valence-electron chi connectivity index (χ1n) is 12.1. The van der Waals surface area contributed by atoms with Crippen molar-refractivity contribution < 1.29 is 34.8 Å². The Labute approximate surface area is 239 Å². The Morgan fingerprint density at radius 1 is 1.00 bits per heavy atom. The van der Waals surface area contributed by atoms with E-state index < -0.39 is 30.3 Å². The number of benzene rings is 2. The second-order valence-electron chi connectivity index (χ2n) is 9.06. The van der Waals surface area contributed by atoms with Crippen LogP contribution in [0, 0.1) is 0 Å². The molecule has 0 bridgehead atoms. The van der Waals surface area contributed by atoms with Gasteiger partial charge < -0.3 is 10.6 Å². The highest BCUT2D eigenvalue weighted by molar-refractivity contribution is 7.92. The maximum atomic E-state index is 13.3. The first-order valence-corrected chi connectivity index (χ1v) is 16.2. The molecule has 2 N–H and O–H groups in total. The number of carbonyl (C=O) groups is 1. The Hall–Kier alpha value is -2.65. The zero-order valence-electron chi connectivity index (χ0n) is 20.8. The summed E-state index contributed by atoms with van der Waals surface area (Å²) >= 11 is 6.90. The van der Waals surface area contributed by atoms with E-state index in [1.165, 1.54) is 22.5 Å². The number of sulfonamides is 1. The van der Waals surface area contributed by atoms with Gasteiger partial charge in [-0.2, -0.15) is 17.5 Å². The van der Waals surface area contributed by atoms with Gasteiger partial charge in [-0.1, -0.05) is 17.7 Å². The van der Waals surface area contributed by atoms with Gasteiger partial charge in [0.2, 0.25) is 0 Å². The lowest BCUT2D eigenvalue weighted by atomic mass is 10.1. The lowest BCUT2D eigenvalue weighted by Gasteiger charge is -2.20. The van der Waals surface area contributed by atoms with E-state index in [0.29, 0.717) is 34.7 Å². The molecule has 40 heavy (non-hydrogen) atoms. The molecule has 4 rings (SSSR count). The number of amides is 1. The average Bonchev–Trinajstić information content (AvgIpc) is 3.27. The molecule has 2 heterocycles. The molecule has 0 radical (unpaired) electrons.